The number of amides is 1. The van der Waals surface area contributed by atoms with Gasteiger partial charge in [-0.2, -0.15) is 0 Å². The number of para-hydroxylation sites is 1. The Morgan fingerprint density at radius 3 is 2.88 bits per heavy atom. The molecule has 0 spiro atoms. The zero-order valence-corrected chi connectivity index (χ0v) is 14.9. The van der Waals surface area contributed by atoms with E-state index in [4.69, 9.17) is 4.74 Å². The van der Waals surface area contributed by atoms with Gasteiger partial charge in [-0.1, -0.05) is 18.2 Å². The van der Waals surface area contributed by atoms with Gasteiger partial charge in [-0.25, -0.2) is 0 Å². The highest BCUT2D eigenvalue weighted by molar-refractivity contribution is 5.96. The molecule has 0 radical (unpaired) electrons. The second-order valence-corrected chi connectivity index (χ2v) is 6.59. The Hall–Kier alpha value is -3.08. The number of benzene rings is 1. The van der Waals surface area contributed by atoms with E-state index in [1.54, 1.807) is 12.4 Å². The summed E-state index contributed by atoms with van der Waals surface area (Å²) in [6.07, 6.45) is 4.35. The summed E-state index contributed by atoms with van der Waals surface area (Å²) in [7, 11) is 0. The van der Waals surface area contributed by atoms with E-state index in [9.17, 15) is 4.79 Å². The lowest BCUT2D eigenvalue weighted by atomic mass is 10.1. The van der Waals surface area contributed by atoms with E-state index in [2.05, 4.69) is 16.4 Å². The van der Waals surface area contributed by atoms with Gasteiger partial charge in [0.1, 0.15) is 11.9 Å². The summed E-state index contributed by atoms with van der Waals surface area (Å²) in [6.45, 7) is 4.44. The van der Waals surface area contributed by atoms with E-state index in [1.165, 1.54) is 5.56 Å². The van der Waals surface area contributed by atoms with Crippen LogP contribution < -0.4 is 10.1 Å². The molecular formula is C21H21N3O2. The number of carbonyl (C=O) groups is 1. The van der Waals surface area contributed by atoms with Crippen LogP contribution in [0.25, 0.3) is 5.69 Å². The van der Waals surface area contributed by atoms with Crippen LogP contribution in [0.5, 0.6) is 5.75 Å². The summed E-state index contributed by atoms with van der Waals surface area (Å²) >= 11 is 0. The van der Waals surface area contributed by atoms with Gasteiger partial charge in [-0.15, -0.1) is 0 Å². The Labute approximate surface area is 152 Å². The summed E-state index contributed by atoms with van der Waals surface area (Å²) in [5.41, 5.74) is 4.74. The lowest BCUT2D eigenvalue weighted by Crippen LogP contribution is -2.34. The van der Waals surface area contributed by atoms with Crippen molar-refractivity contribution in [1.82, 2.24) is 14.9 Å². The molecule has 1 atom stereocenters. The molecule has 1 aliphatic heterocycles. The topological polar surface area (TPSA) is 56.1 Å². The average molecular weight is 347 g/mol. The molecular weight excluding hydrogens is 326 g/mol. The quantitative estimate of drug-likeness (QED) is 0.788. The van der Waals surface area contributed by atoms with Crippen LogP contribution in [-0.4, -0.2) is 28.1 Å². The molecule has 5 nitrogen and oxygen atoms in total. The predicted octanol–water partition coefficient (Wildman–Crippen LogP) is 3.22. The van der Waals surface area contributed by atoms with Crippen LogP contribution in [0.15, 0.2) is 54.9 Å². The molecule has 3 heterocycles. The number of ether oxygens (including phenoxy) is 1. The average Bonchev–Trinajstić information content (AvgIpc) is 3.20. The van der Waals surface area contributed by atoms with Gasteiger partial charge in [-0.05, 0) is 43.7 Å². The smallest absolute Gasteiger partial charge is 0.253 e. The van der Waals surface area contributed by atoms with Crippen LogP contribution in [-0.2, 0) is 6.42 Å². The Balaban J connectivity index is 1.46. The number of aryl methyl sites for hydroxylation is 1. The standard InChI is InChI=1S/C21H21N3O2/c1-14-10-19(15(2)24(14)17-7-5-9-22-12-17)21(25)23-13-18-11-16-6-3-4-8-20(16)26-18/h3-10,12,18H,11,13H2,1-2H3,(H,23,25)/t18-/m0/s1. The second-order valence-electron chi connectivity index (χ2n) is 6.59. The van der Waals surface area contributed by atoms with Crippen molar-refractivity contribution in [3.63, 3.8) is 0 Å². The van der Waals surface area contributed by atoms with Crippen LogP contribution in [0.3, 0.4) is 0 Å². The van der Waals surface area contributed by atoms with Gasteiger partial charge in [-0.3, -0.25) is 9.78 Å². The van der Waals surface area contributed by atoms with Gasteiger partial charge in [0.05, 0.1) is 24.0 Å². The molecule has 4 rings (SSSR count). The lowest BCUT2D eigenvalue weighted by Gasteiger charge is -2.12. The summed E-state index contributed by atoms with van der Waals surface area (Å²) in [5.74, 6) is 0.842. The summed E-state index contributed by atoms with van der Waals surface area (Å²) in [4.78, 5) is 16.9. The number of pyridine rings is 1. The largest absolute Gasteiger partial charge is 0.488 e. The predicted molar refractivity (Wildman–Crippen MR) is 99.9 cm³/mol. The molecule has 0 saturated carbocycles. The molecule has 2 aromatic heterocycles. The number of fused-ring (bicyclic) bond motifs is 1. The van der Waals surface area contributed by atoms with Crippen LogP contribution in [0.4, 0.5) is 0 Å². The number of rotatable bonds is 4. The van der Waals surface area contributed by atoms with Crippen molar-refractivity contribution < 1.29 is 9.53 Å². The van der Waals surface area contributed by atoms with Gasteiger partial charge in [0.2, 0.25) is 0 Å². The van der Waals surface area contributed by atoms with Crippen molar-refractivity contribution in [2.24, 2.45) is 0 Å². The second kappa shape index (κ2) is 6.67. The van der Waals surface area contributed by atoms with Gasteiger partial charge in [0, 0.05) is 24.0 Å². The molecule has 5 heteroatoms. The molecule has 132 valence electrons. The highest BCUT2D eigenvalue weighted by atomic mass is 16.5. The first-order valence-electron chi connectivity index (χ1n) is 8.75. The first-order valence-corrected chi connectivity index (χ1v) is 8.75. The fourth-order valence-electron chi connectivity index (χ4n) is 3.55. The SMILES string of the molecule is Cc1cc(C(=O)NC[C@@H]2Cc3ccccc3O2)c(C)n1-c1cccnc1. The normalized spacial score (nSPS) is 15.4. The highest BCUT2D eigenvalue weighted by Crippen LogP contribution is 2.28. The third-order valence-electron chi connectivity index (χ3n) is 4.78. The highest BCUT2D eigenvalue weighted by Gasteiger charge is 2.24. The lowest BCUT2D eigenvalue weighted by molar-refractivity contribution is 0.0933. The fraction of sp³-hybridized carbons (Fsp3) is 0.238. The molecule has 3 aromatic rings. The minimum Gasteiger partial charge on any atom is -0.488 e. The molecule has 1 N–H and O–H groups in total. The Bertz CT molecular complexity index is 922. The van der Waals surface area contributed by atoms with E-state index in [1.807, 2.05) is 54.8 Å². The minimum absolute atomic E-state index is 0.0156. The molecule has 0 aliphatic carbocycles. The fourth-order valence-corrected chi connectivity index (χ4v) is 3.55. The Morgan fingerprint density at radius 2 is 2.12 bits per heavy atom. The molecule has 0 fully saturated rings. The third-order valence-corrected chi connectivity index (χ3v) is 4.78. The monoisotopic (exact) mass is 347 g/mol. The van der Waals surface area contributed by atoms with Crippen molar-refractivity contribution >= 4 is 5.91 Å². The number of nitrogens with zero attached hydrogens (tertiary/aromatic N) is 2. The van der Waals surface area contributed by atoms with Gasteiger partial charge in [0.25, 0.3) is 5.91 Å². The number of aromatic nitrogens is 2. The molecule has 1 aromatic carbocycles. The molecule has 26 heavy (non-hydrogen) atoms. The maximum Gasteiger partial charge on any atom is 0.253 e. The van der Waals surface area contributed by atoms with Crippen molar-refractivity contribution in [1.29, 1.82) is 0 Å². The Morgan fingerprint density at radius 1 is 1.27 bits per heavy atom. The van der Waals surface area contributed by atoms with E-state index >= 15 is 0 Å². The summed E-state index contributed by atoms with van der Waals surface area (Å²) in [5, 5.41) is 3.02. The van der Waals surface area contributed by atoms with Gasteiger partial charge >= 0.3 is 0 Å². The molecule has 0 saturated heterocycles. The minimum atomic E-state index is -0.0761. The molecule has 0 unspecified atom stereocenters. The van der Waals surface area contributed by atoms with Crippen LogP contribution in [0.1, 0.15) is 27.3 Å². The van der Waals surface area contributed by atoms with Crippen LogP contribution in [0.2, 0.25) is 0 Å². The number of nitrogens with one attached hydrogen (secondary N) is 1. The van der Waals surface area contributed by atoms with Crippen LogP contribution >= 0.6 is 0 Å². The zero-order chi connectivity index (χ0) is 18.1. The van der Waals surface area contributed by atoms with Crippen molar-refractivity contribution in [2.75, 3.05) is 6.54 Å². The van der Waals surface area contributed by atoms with Crippen molar-refractivity contribution in [3.05, 3.63) is 77.4 Å². The van der Waals surface area contributed by atoms with E-state index < -0.39 is 0 Å². The van der Waals surface area contributed by atoms with Crippen molar-refractivity contribution in [3.8, 4) is 11.4 Å². The summed E-state index contributed by atoms with van der Waals surface area (Å²) in [6, 6.07) is 13.8. The maximum absolute atomic E-state index is 12.7. The Kier molecular flexibility index (Phi) is 4.21. The van der Waals surface area contributed by atoms with E-state index in [0.29, 0.717) is 12.1 Å². The zero-order valence-electron chi connectivity index (χ0n) is 14.9. The molecule has 1 amide bonds. The number of carbonyl (C=O) groups excluding carboxylic acids is 1. The van der Waals surface area contributed by atoms with Gasteiger partial charge in [0.15, 0.2) is 0 Å². The number of hydrogen-bond acceptors (Lipinski definition) is 3. The van der Waals surface area contributed by atoms with E-state index in [-0.39, 0.29) is 12.0 Å². The summed E-state index contributed by atoms with van der Waals surface area (Å²) < 4.78 is 7.94. The first kappa shape index (κ1) is 16.4. The molecule has 1 aliphatic rings. The van der Waals surface area contributed by atoms with Crippen molar-refractivity contribution in [2.45, 2.75) is 26.4 Å². The third kappa shape index (κ3) is 2.96. The van der Waals surface area contributed by atoms with E-state index in [0.717, 1.165) is 29.2 Å². The molecule has 0 bridgehead atoms. The van der Waals surface area contributed by atoms with Crippen LogP contribution in [0, 0.1) is 13.8 Å². The maximum atomic E-state index is 12.7. The number of hydrogen-bond donors (Lipinski definition) is 1. The first-order chi connectivity index (χ1) is 12.6. The van der Waals surface area contributed by atoms with Gasteiger partial charge < -0.3 is 14.6 Å².